The van der Waals surface area contributed by atoms with Crippen LogP contribution in [0.15, 0.2) is 18.3 Å². The van der Waals surface area contributed by atoms with Crippen LogP contribution in [0.3, 0.4) is 0 Å². The number of carbonyl (C=O) groups is 1. The first-order valence-corrected chi connectivity index (χ1v) is 11.9. The molecule has 0 aromatic carbocycles. The maximum Gasteiger partial charge on any atom is 0.417 e. The third-order valence-corrected chi connectivity index (χ3v) is 6.89. The monoisotopic (exact) mass is 476 g/mol. The van der Waals surface area contributed by atoms with Crippen LogP contribution in [0, 0.1) is 11.8 Å². The van der Waals surface area contributed by atoms with Crippen molar-refractivity contribution in [1.82, 2.24) is 14.4 Å². The number of rotatable bonds is 9. The van der Waals surface area contributed by atoms with E-state index >= 15 is 0 Å². The summed E-state index contributed by atoms with van der Waals surface area (Å²) < 4.78 is 64.9. The topological polar surface area (TPSA) is 94.1 Å². The fourth-order valence-electron chi connectivity index (χ4n) is 3.15. The van der Waals surface area contributed by atoms with Crippen molar-refractivity contribution in [3.8, 4) is 11.8 Å². The molecule has 1 amide bonds. The molecule has 8 nitrogen and oxygen atoms in total. The van der Waals surface area contributed by atoms with Crippen molar-refractivity contribution >= 4 is 22.3 Å². The number of carbonyl (C=O) groups excluding carboxylic acids is 1. The van der Waals surface area contributed by atoms with Crippen molar-refractivity contribution in [2.24, 2.45) is 0 Å². The third kappa shape index (κ3) is 7.36. The number of piperazine rings is 1. The molecule has 0 spiro atoms. The number of unbranched alkanes of at least 4 members (excludes halogenated alkanes) is 3. The van der Waals surface area contributed by atoms with E-state index in [-0.39, 0.29) is 37.7 Å². The van der Waals surface area contributed by atoms with Crippen LogP contribution in [0.2, 0.25) is 0 Å². The molecule has 1 atom stereocenters. The Morgan fingerprint density at radius 2 is 1.94 bits per heavy atom. The van der Waals surface area contributed by atoms with Gasteiger partial charge in [-0.25, -0.2) is 18.5 Å². The van der Waals surface area contributed by atoms with Crippen LogP contribution < -0.4 is 4.90 Å². The molecule has 2 rings (SSSR count). The highest BCUT2D eigenvalue weighted by atomic mass is 32.2. The lowest BCUT2D eigenvalue weighted by Crippen LogP contribution is -2.51. The average molecular weight is 477 g/mol. The van der Waals surface area contributed by atoms with Gasteiger partial charge in [0.25, 0.3) is 0 Å². The molecule has 32 heavy (non-hydrogen) atoms. The fourth-order valence-corrected chi connectivity index (χ4v) is 4.72. The van der Waals surface area contributed by atoms with E-state index in [1.807, 2.05) is 6.92 Å². The van der Waals surface area contributed by atoms with E-state index in [9.17, 15) is 31.6 Å². The number of halogens is 3. The number of amides is 1. The van der Waals surface area contributed by atoms with E-state index in [1.165, 1.54) is 10.4 Å². The Balaban J connectivity index is 1.98. The van der Waals surface area contributed by atoms with E-state index in [1.54, 1.807) is 4.90 Å². The second kappa shape index (κ2) is 11.5. The van der Waals surface area contributed by atoms with Crippen LogP contribution in [0.1, 0.15) is 38.2 Å². The zero-order chi connectivity index (χ0) is 23.8. The second-order valence-electron chi connectivity index (χ2n) is 7.35. The second-order valence-corrected chi connectivity index (χ2v) is 9.36. The summed E-state index contributed by atoms with van der Waals surface area (Å²) in [5.41, 5.74) is -0.854. The van der Waals surface area contributed by atoms with Gasteiger partial charge in [-0.2, -0.15) is 17.5 Å². The van der Waals surface area contributed by atoms with Crippen molar-refractivity contribution in [2.45, 2.75) is 44.8 Å². The number of pyridine rings is 1. The number of hydroxylamine groups is 2. The normalized spacial score (nSPS) is 16.2. The number of alkyl halides is 3. The largest absolute Gasteiger partial charge is 0.417 e. The molecule has 178 valence electrons. The summed E-state index contributed by atoms with van der Waals surface area (Å²) in [4.78, 5) is 16.5. The minimum Gasteiger partial charge on any atom is -0.354 e. The summed E-state index contributed by atoms with van der Waals surface area (Å²) in [6.45, 7) is 2.70. The molecule has 1 fully saturated rings. The summed E-state index contributed by atoms with van der Waals surface area (Å²) >= 11 is 0. The lowest BCUT2D eigenvalue weighted by molar-refractivity contribution is -0.153. The predicted octanol–water partition coefficient (Wildman–Crippen LogP) is 2.35. The lowest BCUT2D eigenvalue weighted by Gasteiger charge is -2.35. The smallest absolute Gasteiger partial charge is 0.354 e. The van der Waals surface area contributed by atoms with Gasteiger partial charge in [0.05, 0.1) is 11.3 Å². The molecule has 0 bridgehead atoms. The van der Waals surface area contributed by atoms with Gasteiger partial charge in [-0.15, -0.1) is 5.92 Å². The molecular weight excluding hydrogens is 449 g/mol. The third-order valence-electron chi connectivity index (χ3n) is 5.00. The summed E-state index contributed by atoms with van der Waals surface area (Å²) in [5.74, 6) is 5.24. The number of aromatic nitrogens is 1. The van der Waals surface area contributed by atoms with Gasteiger partial charge in [0.1, 0.15) is 11.9 Å². The first kappa shape index (κ1) is 25.9. The maximum absolute atomic E-state index is 12.8. The number of hydrogen-bond acceptors (Lipinski definition) is 6. The quantitative estimate of drug-likeness (QED) is 0.193. The summed E-state index contributed by atoms with van der Waals surface area (Å²) in [7, 11) is -3.84. The molecule has 2 heterocycles. The van der Waals surface area contributed by atoms with E-state index in [0.717, 1.165) is 31.5 Å². The summed E-state index contributed by atoms with van der Waals surface area (Å²) in [5, 5.41) is 9.99. The van der Waals surface area contributed by atoms with Crippen LogP contribution in [0.4, 0.5) is 19.0 Å². The molecule has 0 aliphatic carbocycles. The van der Waals surface area contributed by atoms with E-state index in [0.29, 0.717) is 12.2 Å². The van der Waals surface area contributed by atoms with Crippen LogP contribution >= 0.6 is 0 Å². The zero-order valence-corrected chi connectivity index (χ0v) is 18.6. The Kier molecular flexibility index (Phi) is 9.30. The number of sulfonamides is 1. The molecule has 1 aromatic heterocycles. The highest BCUT2D eigenvalue weighted by Crippen LogP contribution is 2.29. The van der Waals surface area contributed by atoms with Gasteiger partial charge in [-0.1, -0.05) is 25.7 Å². The van der Waals surface area contributed by atoms with Crippen LogP contribution in [0.5, 0.6) is 0 Å². The first-order chi connectivity index (χ1) is 15.1. The van der Waals surface area contributed by atoms with E-state index in [2.05, 4.69) is 16.8 Å². The fraction of sp³-hybridized carbons (Fsp3) is 0.600. The van der Waals surface area contributed by atoms with E-state index in [4.69, 9.17) is 0 Å². The van der Waals surface area contributed by atoms with Gasteiger partial charge >= 0.3 is 6.18 Å². The van der Waals surface area contributed by atoms with Gasteiger partial charge in [0.15, 0.2) is 0 Å². The molecule has 1 aliphatic heterocycles. The molecule has 1 saturated heterocycles. The minimum absolute atomic E-state index is 0.0915. The molecule has 0 saturated carbocycles. The van der Waals surface area contributed by atoms with Gasteiger partial charge < -0.3 is 4.90 Å². The van der Waals surface area contributed by atoms with Crippen LogP contribution in [0.25, 0.3) is 0 Å². The van der Waals surface area contributed by atoms with E-state index < -0.39 is 33.6 Å². The van der Waals surface area contributed by atoms with Crippen LogP contribution in [-0.4, -0.2) is 72.4 Å². The van der Waals surface area contributed by atoms with Crippen molar-refractivity contribution in [3.63, 3.8) is 0 Å². The van der Waals surface area contributed by atoms with Gasteiger partial charge in [-0.3, -0.25) is 10.0 Å². The van der Waals surface area contributed by atoms with Gasteiger partial charge in [0, 0.05) is 38.8 Å². The molecular formula is C20H27F3N4O4S. The van der Waals surface area contributed by atoms with Crippen molar-refractivity contribution in [3.05, 3.63) is 23.9 Å². The Labute approximate surface area is 186 Å². The molecule has 0 radical (unpaired) electrons. The average Bonchev–Trinajstić information content (AvgIpc) is 2.77. The Hall–Kier alpha value is -2.36. The number of hydrogen-bond donors (Lipinski definition) is 1. The maximum atomic E-state index is 12.8. The van der Waals surface area contributed by atoms with Crippen molar-refractivity contribution in [2.75, 3.05) is 36.8 Å². The molecule has 12 heteroatoms. The highest BCUT2D eigenvalue weighted by Gasteiger charge is 2.33. The standard InChI is InChI=1S/C20H27F3N4O4S/c1-2-3-4-5-6-7-18(27(29)16-28)15-32(30,31)26-12-10-25(11-13-26)19-9-8-17(14-24-19)20(21,22)23/h8-9,14,16,18,29H,2-5,10-13,15H2,1H3. The number of nitrogens with zero attached hydrogens (tertiary/aromatic N) is 4. The molecule has 1 aromatic rings. The summed E-state index contributed by atoms with van der Waals surface area (Å²) in [6, 6.07) is 1.00. The SMILES string of the molecule is CCCCCC#CC(CS(=O)(=O)N1CCN(c2ccc(C(F)(F)F)cn2)CC1)N(O)C=O. The highest BCUT2D eigenvalue weighted by molar-refractivity contribution is 7.89. The van der Waals surface area contributed by atoms with Crippen molar-refractivity contribution in [1.29, 1.82) is 0 Å². The predicted molar refractivity (Wildman–Crippen MR) is 112 cm³/mol. The molecule has 1 aliphatic rings. The molecule has 1 N–H and O–H groups in total. The first-order valence-electron chi connectivity index (χ1n) is 10.3. The van der Waals surface area contributed by atoms with Crippen molar-refractivity contribution < 1.29 is 31.6 Å². The Morgan fingerprint density at radius 1 is 1.25 bits per heavy atom. The minimum atomic E-state index is -4.48. The number of anilines is 1. The Morgan fingerprint density at radius 3 is 2.47 bits per heavy atom. The Bertz CT molecular complexity index is 906. The van der Waals surface area contributed by atoms with Gasteiger partial charge in [-0.05, 0) is 18.6 Å². The lowest BCUT2D eigenvalue weighted by atomic mass is 10.2. The zero-order valence-electron chi connectivity index (χ0n) is 17.8. The molecule has 1 unspecified atom stereocenters. The van der Waals surface area contributed by atoms with Crippen LogP contribution in [-0.2, 0) is 21.0 Å². The summed E-state index contributed by atoms with van der Waals surface area (Å²) in [6.07, 6.45) is -0.242. The van der Waals surface area contributed by atoms with Gasteiger partial charge in [0.2, 0.25) is 16.4 Å².